The van der Waals surface area contributed by atoms with Crippen LogP contribution in [0.1, 0.15) is 35.8 Å². The number of nitrogens with one attached hydrogen (secondary N) is 2. The number of amides is 2. The molecule has 2 aliphatic heterocycles. The van der Waals surface area contributed by atoms with Crippen molar-refractivity contribution in [3.05, 3.63) is 120 Å². The Morgan fingerprint density at radius 1 is 0.964 bits per heavy atom. The Kier molecular flexibility index (Phi) is 9.76. The third-order valence-corrected chi connectivity index (χ3v) is 12.4. The summed E-state index contributed by atoms with van der Waals surface area (Å²) in [5.41, 5.74) is 9.44. The van der Waals surface area contributed by atoms with Gasteiger partial charge in [-0.25, -0.2) is 18.2 Å². The van der Waals surface area contributed by atoms with Crippen LogP contribution in [0.15, 0.2) is 104 Å². The summed E-state index contributed by atoms with van der Waals surface area (Å²) >= 11 is 0. The molecule has 1 atom stereocenters. The number of urea groups is 1. The van der Waals surface area contributed by atoms with Gasteiger partial charge in [-0.2, -0.15) is 0 Å². The number of aromatic amines is 1. The highest BCUT2D eigenvalue weighted by Gasteiger charge is 2.33. The van der Waals surface area contributed by atoms with Gasteiger partial charge in [-0.05, 0) is 79.0 Å². The minimum Gasteiger partial charge on any atom is -0.497 e. The molecule has 0 bridgehead atoms. The second kappa shape index (κ2) is 14.8. The van der Waals surface area contributed by atoms with Gasteiger partial charge in [0.2, 0.25) is 0 Å². The Hall–Kier alpha value is -5.76. The van der Waals surface area contributed by atoms with Gasteiger partial charge in [-0.1, -0.05) is 48.5 Å². The predicted octanol–water partition coefficient (Wildman–Crippen LogP) is 6.99. The average molecular weight is 758 g/mol. The number of rotatable bonds is 10. The lowest BCUT2D eigenvalue weighted by molar-refractivity contribution is 0.208. The van der Waals surface area contributed by atoms with Crippen LogP contribution in [-0.2, 0) is 22.9 Å². The van der Waals surface area contributed by atoms with Crippen molar-refractivity contribution in [3.63, 3.8) is 0 Å². The van der Waals surface area contributed by atoms with Crippen LogP contribution in [-0.4, -0.2) is 78.2 Å². The number of sulfone groups is 1. The SMILES string of the molecule is COc1ccc(-c2c(-c3ccc(CN4CCC(S(C)(=O)=O)CC4)cc3)[nH]c3ncc4c(c23)CN(c2ccc(C(O)Nc3cccnc3)cc2)C(=O)N4C)cc1. The van der Waals surface area contributed by atoms with Crippen LogP contribution in [0.2, 0.25) is 0 Å². The molecule has 1 fully saturated rings. The molecule has 0 spiro atoms. The number of carbonyl (C=O) groups excluding carboxylic acids is 1. The quantitative estimate of drug-likeness (QED) is 0.126. The maximum absolute atomic E-state index is 13.9. The fourth-order valence-electron chi connectivity index (χ4n) is 7.69. The first kappa shape index (κ1) is 36.2. The molecule has 0 radical (unpaired) electrons. The molecule has 0 saturated carbocycles. The molecular weight excluding hydrogens is 715 g/mol. The zero-order chi connectivity index (χ0) is 38.3. The highest BCUT2D eigenvalue weighted by Crippen LogP contribution is 2.44. The summed E-state index contributed by atoms with van der Waals surface area (Å²) in [7, 11) is 0.391. The molecule has 12 nitrogen and oxygen atoms in total. The summed E-state index contributed by atoms with van der Waals surface area (Å²) in [6.07, 6.45) is 6.77. The second-order valence-corrected chi connectivity index (χ2v) is 16.6. The smallest absolute Gasteiger partial charge is 0.329 e. The molecule has 2 aliphatic rings. The Morgan fingerprint density at radius 3 is 2.33 bits per heavy atom. The Morgan fingerprint density at radius 2 is 1.67 bits per heavy atom. The third kappa shape index (κ3) is 7.25. The largest absolute Gasteiger partial charge is 0.497 e. The van der Waals surface area contributed by atoms with Crippen LogP contribution in [0.4, 0.5) is 21.9 Å². The number of H-pyrrole nitrogens is 1. The van der Waals surface area contributed by atoms with Gasteiger partial charge < -0.3 is 20.1 Å². The van der Waals surface area contributed by atoms with Gasteiger partial charge in [0.15, 0.2) is 6.23 Å². The molecule has 282 valence electrons. The summed E-state index contributed by atoms with van der Waals surface area (Å²) in [5.74, 6) is 0.746. The molecule has 13 heteroatoms. The van der Waals surface area contributed by atoms with Crippen molar-refractivity contribution in [1.29, 1.82) is 0 Å². The molecular formula is C42H43N7O5S. The van der Waals surface area contributed by atoms with Crippen molar-refractivity contribution in [1.82, 2.24) is 19.9 Å². The molecule has 3 aromatic carbocycles. The van der Waals surface area contributed by atoms with Crippen molar-refractivity contribution >= 4 is 44.0 Å². The van der Waals surface area contributed by atoms with E-state index < -0.39 is 16.1 Å². The van der Waals surface area contributed by atoms with E-state index in [-0.39, 0.29) is 11.3 Å². The molecule has 3 aromatic heterocycles. The topological polar surface area (TPSA) is 144 Å². The van der Waals surface area contributed by atoms with E-state index in [1.807, 2.05) is 54.6 Å². The van der Waals surface area contributed by atoms with Crippen molar-refractivity contribution in [2.24, 2.45) is 0 Å². The number of hydrogen-bond donors (Lipinski definition) is 3. The number of methoxy groups -OCH3 is 1. The first-order chi connectivity index (χ1) is 26.6. The van der Waals surface area contributed by atoms with Crippen LogP contribution in [0.5, 0.6) is 5.75 Å². The maximum Gasteiger partial charge on any atom is 0.329 e. The number of ether oxygens (including phenoxy) is 1. The summed E-state index contributed by atoms with van der Waals surface area (Å²) in [6, 6.07) is 27.2. The molecule has 2 amide bonds. The summed E-state index contributed by atoms with van der Waals surface area (Å²) in [4.78, 5) is 32.1. The lowest BCUT2D eigenvalue weighted by Gasteiger charge is -2.35. The van der Waals surface area contributed by atoms with E-state index >= 15 is 0 Å². The van der Waals surface area contributed by atoms with Crippen LogP contribution < -0.4 is 19.9 Å². The number of nitrogens with zero attached hydrogens (tertiary/aromatic N) is 5. The zero-order valence-electron chi connectivity index (χ0n) is 30.9. The van der Waals surface area contributed by atoms with Gasteiger partial charge in [-0.15, -0.1) is 0 Å². The number of aliphatic hydroxyl groups excluding tert-OH is 1. The Bertz CT molecular complexity index is 2430. The van der Waals surface area contributed by atoms with Gasteiger partial charge in [0, 0.05) is 53.8 Å². The number of piperidine rings is 1. The first-order valence-corrected chi connectivity index (χ1v) is 20.2. The van der Waals surface area contributed by atoms with E-state index in [0.29, 0.717) is 42.0 Å². The van der Waals surface area contributed by atoms with Crippen LogP contribution in [0.25, 0.3) is 33.4 Å². The lowest BCUT2D eigenvalue weighted by atomic mass is 9.94. The number of pyridine rings is 2. The number of hydrogen-bond acceptors (Lipinski definition) is 9. The van der Waals surface area contributed by atoms with E-state index in [0.717, 1.165) is 70.0 Å². The van der Waals surface area contributed by atoms with Crippen LogP contribution in [0, 0.1) is 0 Å². The first-order valence-electron chi connectivity index (χ1n) is 18.3. The van der Waals surface area contributed by atoms with Crippen LogP contribution >= 0.6 is 0 Å². The van der Waals surface area contributed by atoms with Gasteiger partial charge in [0.25, 0.3) is 0 Å². The second-order valence-electron chi connectivity index (χ2n) is 14.3. The standard InChI is InChI=1S/C42H43N7O5S/c1-47-36-24-44-40-38(35(36)26-49(42(47)51)32-14-10-30(11-15-32)41(50)45-31-5-4-20-43-23-31)37(28-12-16-33(54-2)17-13-28)39(46-40)29-8-6-27(7-9-29)25-48-21-18-34(19-22-48)55(3,52)53/h4-17,20,23-24,34,41,45,50H,18-19,21-22,25-26H2,1-3H3,(H,44,46). The Labute approximate surface area is 320 Å². The fourth-order valence-corrected chi connectivity index (χ4v) is 8.76. The average Bonchev–Trinajstić information content (AvgIpc) is 3.60. The molecule has 0 aliphatic carbocycles. The van der Waals surface area contributed by atoms with Crippen molar-refractivity contribution in [2.45, 2.75) is 37.4 Å². The summed E-state index contributed by atoms with van der Waals surface area (Å²) in [6.45, 7) is 2.57. The molecule has 1 saturated heterocycles. The van der Waals surface area contributed by atoms with Crippen molar-refractivity contribution in [2.75, 3.05) is 48.6 Å². The van der Waals surface area contributed by atoms with Gasteiger partial charge in [-0.3, -0.25) is 19.7 Å². The number of carbonyl (C=O) groups is 1. The number of anilines is 3. The van der Waals surface area contributed by atoms with E-state index in [1.165, 1.54) is 6.26 Å². The van der Waals surface area contributed by atoms with E-state index in [4.69, 9.17) is 9.72 Å². The van der Waals surface area contributed by atoms with E-state index in [2.05, 4.69) is 44.5 Å². The minimum atomic E-state index is -3.02. The molecule has 8 rings (SSSR count). The third-order valence-electron chi connectivity index (χ3n) is 10.8. The summed E-state index contributed by atoms with van der Waals surface area (Å²) < 4.78 is 29.6. The molecule has 55 heavy (non-hydrogen) atoms. The predicted molar refractivity (Wildman–Crippen MR) is 216 cm³/mol. The van der Waals surface area contributed by atoms with E-state index in [9.17, 15) is 18.3 Å². The maximum atomic E-state index is 13.9. The fraction of sp³-hybridized carbons (Fsp3) is 0.262. The highest BCUT2D eigenvalue weighted by molar-refractivity contribution is 7.91. The number of likely N-dealkylation sites (tertiary alicyclic amines) is 1. The molecule has 5 heterocycles. The highest BCUT2D eigenvalue weighted by atomic mass is 32.2. The zero-order valence-corrected chi connectivity index (χ0v) is 31.8. The van der Waals surface area contributed by atoms with E-state index in [1.54, 1.807) is 48.6 Å². The van der Waals surface area contributed by atoms with Crippen LogP contribution in [0.3, 0.4) is 0 Å². The monoisotopic (exact) mass is 757 g/mol. The minimum absolute atomic E-state index is 0.187. The lowest BCUT2D eigenvalue weighted by Crippen LogP contribution is -2.45. The number of fused-ring (bicyclic) bond motifs is 3. The molecule has 3 N–H and O–H groups in total. The molecule has 6 aromatic rings. The number of aliphatic hydroxyl groups is 1. The number of benzene rings is 3. The normalized spacial score (nSPS) is 16.0. The van der Waals surface area contributed by atoms with Crippen molar-refractivity contribution in [3.8, 4) is 28.1 Å². The van der Waals surface area contributed by atoms with Gasteiger partial charge in [0.1, 0.15) is 21.2 Å². The van der Waals surface area contributed by atoms with Gasteiger partial charge >= 0.3 is 6.03 Å². The number of aromatic nitrogens is 3. The van der Waals surface area contributed by atoms with Crippen molar-refractivity contribution < 1.29 is 23.1 Å². The Balaban J connectivity index is 1.13. The summed E-state index contributed by atoms with van der Waals surface area (Å²) in [5, 5.41) is 14.6. The van der Waals surface area contributed by atoms with Gasteiger partial charge in [0.05, 0.1) is 48.4 Å². The molecule has 1 unspecified atom stereocenters.